The molecule has 1 amide bonds. The predicted molar refractivity (Wildman–Crippen MR) is 74.4 cm³/mol. The second kappa shape index (κ2) is 6.69. The van der Waals surface area contributed by atoms with Crippen LogP contribution in [0.4, 0.5) is 15.8 Å². The highest BCUT2D eigenvalue weighted by Gasteiger charge is 2.11. The second-order valence-corrected chi connectivity index (χ2v) is 5.60. The summed E-state index contributed by atoms with van der Waals surface area (Å²) in [6, 6.07) is 2.81. The molecule has 1 aromatic carbocycles. The molecule has 4 N–H and O–H groups in total. The van der Waals surface area contributed by atoms with E-state index >= 15 is 0 Å². The molecule has 0 aliphatic rings. The molecular weight excluding hydrogens is 297 g/mol. The first kappa shape index (κ1) is 17.6. The van der Waals surface area contributed by atoms with E-state index in [2.05, 4.69) is 5.32 Å². The molecule has 1 aromatic rings. The lowest BCUT2D eigenvalue weighted by molar-refractivity contribution is -0.117. The number of carbonyl (C=O) groups excluding carboxylic acids is 1. The van der Waals surface area contributed by atoms with E-state index in [0.717, 1.165) is 12.3 Å². The van der Waals surface area contributed by atoms with Crippen molar-refractivity contribution in [2.75, 3.05) is 16.3 Å². The van der Waals surface area contributed by atoms with Crippen molar-refractivity contribution in [2.45, 2.75) is 13.0 Å². The summed E-state index contributed by atoms with van der Waals surface area (Å²) in [4.78, 5) is 11.3. The summed E-state index contributed by atoms with van der Waals surface area (Å²) in [6.07, 6.45) is 0.902. The smallest absolute Gasteiger partial charge is 0.240 e. The Labute approximate surface area is 117 Å². The summed E-state index contributed by atoms with van der Waals surface area (Å²) in [7, 11) is -3.59. The van der Waals surface area contributed by atoms with Crippen molar-refractivity contribution >= 4 is 39.7 Å². The largest absolute Gasteiger partial charge is 0.325 e. The maximum Gasteiger partial charge on any atom is 0.240 e. The Balaban J connectivity index is 0.00000324. The van der Waals surface area contributed by atoms with Crippen LogP contribution in [0, 0.1) is 5.82 Å². The van der Waals surface area contributed by atoms with Gasteiger partial charge in [-0.3, -0.25) is 9.52 Å². The molecule has 0 aromatic heterocycles. The van der Waals surface area contributed by atoms with Gasteiger partial charge in [-0.05, 0) is 25.1 Å². The fraction of sp³-hybridized carbons (Fsp3) is 0.300. The Hall–Kier alpha value is -1.38. The molecular formula is C10H15ClFN3O3S. The molecule has 0 heterocycles. The van der Waals surface area contributed by atoms with Crippen LogP contribution in [0.15, 0.2) is 18.2 Å². The normalized spacial score (nSPS) is 12.2. The number of anilines is 2. The zero-order valence-electron chi connectivity index (χ0n) is 10.3. The molecule has 0 radical (unpaired) electrons. The zero-order valence-corrected chi connectivity index (χ0v) is 11.9. The Kier molecular flexibility index (Phi) is 6.20. The van der Waals surface area contributed by atoms with Gasteiger partial charge in [-0.1, -0.05) is 0 Å². The van der Waals surface area contributed by atoms with Gasteiger partial charge in [0.2, 0.25) is 15.9 Å². The van der Waals surface area contributed by atoms with Gasteiger partial charge in [-0.25, -0.2) is 12.8 Å². The number of rotatable bonds is 4. The van der Waals surface area contributed by atoms with Crippen LogP contribution in [-0.2, 0) is 14.8 Å². The van der Waals surface area contributed by atoms with E-state index in [1.54, 1.807) is 0 Å². The number of hydrogen-bond acceptors (Lipinski definition) is 4. The second-order valence-electron chi connectivity index (χ2n) is 3.85. The molecule has 1 unspecified atom stereocenters. The highest BCUT2D eigenvalue weighted by atomic mass is 35.5. The topological polar surface area (TPSA) is 101 Å². The third-order valence-electron chi connectivity index (χ3n) is 1.94. The lowest BCUT2D eigenvalue weighted by Crippen LogP contribution is -2.32. The lowest BCUT2D eigenvalue weighted by Gasteiger charge is -2.10. The first-order valence-corrected chi connectivity index (χ1v) is 6.92. The van der Waals surface area contributed by atoms with E-state index in [4.69, 9.17) is 5.73 Å². The summed E-state index contributed by atoms with van der Waals surface area (Å²) in [5, 5.41) is 2.43. The molecule has 108 valence electrons. The maximum atomic E-state index is 13.3. The highest BCUT2D eigenvalue weighted by molar-refractivity contribution is 7.92. The van der Waals surface area contributed by atoms with Gasteiger partial charge in [-0.15, -0.1) is 12.4 Å². The van der Waals surface area contributed by atoms with E-state index in [1.165, 1.54) is 19.1 Å². The number of sulfonamides is 1. The SMILES string of the molecule is CC(N)C(=O)Nc1ccc(F)c(NS(C)(=O)=O)c1.Cl. The van der Waals surface area contributed by atoms with Crippen LogP contribution in [0.25, 0.3) is 0 Å². The minimum absolute atomic E-state index is 0. The third-order valence-corrected chi connectivity index (χ3v) is 2.53. The average Bonchev–Trinajstić information content (AvgIpc) is 2.20. The van der Waals surface area contributed by atoms with Crippen LogP contribution >= 0.6 is 12.4 Å². The fourth-order valence-corrected chi connectivity index (χ4v) is 1.69. The predicted octanol–water partition coefficient (Wildman–Crippen LogP) is 0.905. The van der Waals surface area contributed by atoms with Crippen molar-refractivity contribution in [1.82, 2.24) is 0 Å². The molecule has 0 fully saturated rings. The quantitative estimate of drug-likeness (QED) is 0.769. The number of nitrogens with two attached hydrogens (primary N) is 1. The maximum absolute atomic E-state index is 13.3. The zero-order chi connectivity index (χ0) is 13.9. The van der Waals surface area contributed by atoms with Gasteiger partial charge < -0.3 is 11.1 Å². The van der Waals surface area contributed by atoms with Crippen molar-refractivity contribution < 1.29 is 17.6 Å². The van der Waals surface area contributed by atoms with Crippen molar-refractivity contribution in [3.8, 4) is 0 Å². The van der Waals surface area contributed by atoms with Crippen LogP contribution in [0.1, 0.15) is 6.92 Å². The van der Waals surface area contributed by atoms with E-state index in [9.17, 15) is 17.6 Å². The van der Waals surface area contributed by atoms with Crippen LogP contribution in [0.2, 0.25) is 0 Å². The van der Waals surface area contributed by atoms with Crippen molar-refractivity contribution in [3.63, 3.8) is 0 Å². The summed E-state index contributed by atoms with van der Waals surface area (Å²) in [6.45, 7) is 1.49. The molecule has 1 atom stereocenters. The Morgan fingerprint density at radius 1 is 1.42 bits per heavy atom. The fourth-order valence-electron chi connectivity index (χ4n) is 1.14. The van der Waals surface area contributed by atoms with Crippen LogP contribution in [0.5, 0.6) is 0 Å². The minimum Gasteiger partial charge on any atom is -0.325 e. The molecule has 9 heteroatoms. The van der Waals surface area contributed by atoms with Gasteiger partial charge >= 0.3 is 0 Å². The van der Waals surface area contributed by atoms with Crippen LogP contribution in [-0.4, -0.2) is 26.6 Å². The molecule has 19 heavy (non-hydrogen) atoms. The summed E-state index contributed by atoms with van der Waals surface area (Å²) >= 11 is 0. The molecule has 0 saturated carbocycles. The number of carbonyl (C=O) groups is 1. The van der Waals surface area contributed by atoms with E-state index in [1.807, 2.05) is 4.72 Å². The number of halogens is 2. The average molecular weight is 312 g/mol. The molecule has 0 aliphatic carbocycles. The lowest BCUT2D eigenvalue weighted by atomic mass is 10.2. The van der Waals surface area contributed by atoms with Gasteiger partial charge in [0.25, 0.3) is 0 Å². The monoisotopic (exact) mass is 311 g/mol. The highest BCUT2D eigenvalue weighted by Crippen LogP contribution is 2.20. The van der Waals surface area contributed by atoms with Crippen molar-refractivity contribution in [2.24, 2.45) is 5.73 Å². The van der Waals surface area contributed by atoms with Crippen LogP contribution in [0.3, 0.4) is 0 Å². The number of benzene rings is 1. The molecule has 0 saturated heterocycles. The molecule has 0 bridgehead atoms. The Morgan fingerprint density at radius 3 is 2.47 bits per heavy atom. The van der Waals surface area contributed by atoms with Crippen molar-refractivity contribution in [1.29, 1.82) is 0 Å². The molecule has 6 nitrogen and oxygen atoms in total. The standard InChI is InChI=1S/C10H14FN3O3S.ClH/c1-6(12)10(15)13-7-3-4-8(11)9(5-7)14-18(2,16)17;/h3-6,14H,12H2,1-2H3,(H,13,15);1H. The number of amides is 1. The molecule has 0 aliphatic heterocycles. The van der Waals surface area contributed by atoms with Gasteiger partial charge in [0, 0.05) is 5.69 Å². The Morgan fingerprint density at radius 2 is 2.00 bits per heavy atom. The first-order valence-electron chi connectivity index (χ1n) is 5.03. The van der Waals surface area contributed by atoms with E-state index in [-0.39, 0.29) is 23.8 Å². The van der Waals surface area contributed by atoms with Gasteiger partial charge in [0.15, 0.2) is 0 Å². The number of nitrogens with one attached hydrogen (secondary N) is 2. The van der Waals surface area contributed by atoms with Crippen molar-refractivity contribution in [3.05, 3.63) is 24.0 Å². The summed E-state index contributed by atoms with van der Waals surface area (Å²) in [5.41, 5.74) is 5.37. The van der Waals surface area contributed by atoms with Crippen LogP contribution < -0.4 is 15.8 Å². The summed E-state index contributed by atoms with van der Waals surface area (Å²) in [5.74, 6) is -1.19. The summed E-state index contributed by atoms with van der Waals surface area (Å²) < 4.78 is 37.4. The van der Waals surface area contributed by atoms with E-state index in [0.29, 0.717) is 0 Å². The third kappa shape index (κ3) is 5.86. The van der Waals surface area contributed by atoms with E-state index < -0.39 is 27.8 Å². The number of hydrogen-bond donors (Lipinski definition) is 3. The molecule has 0 spiro atoms. The molecule has 1 rings (SSSR count). The van der Waals surface area contributed by atoms with Gasteiger partial charge in [0.1, 0.15) is 5.82 Å². The van der Waals surface area contributed by atoms with Gasteiger partial charge in [0.05, 0.1) is 18.0 Å². The minimum atomic E-state index is -3.59. The Bertz CT molecular complexity index is 563. The van der Waals surface area contributed by atoms with Gasteiger partial charge in [-0.2, -0.15) is 0 Å². The first-order chi connectivity index (χ1) is 8.19.